The van der Waals surface area contributed by atoms with Gasteiger partial charge in [-0.3, -0.25) is 5.41 Å². The third-order valence-corrected chi connectivity index (χ3v) is 3.01. The van der Waals surface area contributed by atoms with E-state index in [1.807, 2.05) is 25.2 Å². The fourth-order valence-corrected chi connectivity index (χ4v) is 1.93. The molecule has 0 aromatic heterocycles. The number of amidine groups is 1. The Labute approximate surface area is 115 Å². The van der Waals surface area contributed by atoms with Crippen molar-refractivity contribution in [2.45, 2.75) is 6.42 Å². The third kappa shape index (κ3) is 4.44. The lowest BCUT2D eigenvalue weighted by Crippen LogP contribution is -2.26. The van der Waals surface area contributed by atoms with E-state index in [1.54, 1.807) is 7.11 Å². The number of rotatable bonds is 7. The molecule has 0 aliphatic heterocycles. The fourth-order valence-electron chi connectivity index (χ4n) is 1.93. The first kappa shape index (κ1) is 15.3. The highest BCUT2D eigenvalue weighted by molar-refractivity contribution is 6.00. The zero-order chi connectivity index (χ0) is 14.4. The molecule has 0 radical (unpaired) electrons. The Balaban J connectivity index is 2.86. The van der Waals surface area contributed by atoms with Gasteiger partial charge in [-0.25, -0.2) is 0 Å². The fraction of sp³-hybridized carbons (Fsp3) is 0.500. The predicted molar refractivity (Wildman–Crippen MR) is 80.5 cm³/mol. The standard InChI is InChI=1S/C14H24N4O/c1-17(2)8-5-9-18(3)13-10-11(19-4)6-7-12(13)14(15)16/h6-7,10H,5,8-9H2,1-4H3,(H3,15,16). The predicted octanol–water partition coefficient (Wildman–Crippen LogP) is 1.37. The summed E-state index contributed by atoms with van der Waals surface area (Å²) in [5, 5.41) is 7.64. The van der Waals surface area contributed by atoms with Crippen molar-refractivity contribution >= 4 is 11.5 Å². The number of hydrogen-bond donors (Lipinski definition) is 2. The first-order chi connectivity index (χ1) is 8.95. The van der Waals surface area contributed by atoms with E-state index in [4.69, 9.17) is 15.9 Å². The van der Waals surface area contributed by atoms with Gasteiger partial charge in [-0.2, -0.15) is 0 Å². The Hall–Kier alpha value is -1.75. The molecule has 106 valence electrons. The summed E-state index contributed by atoms with van der Waals surface area (Å²) in [6.45, 7) is 1.94. The molecule has 5 heteroatoms. The van der Waals surface area contributed by atoms with E-state index in [9.17, 15) is 0 Å². The summed E-state index contributed by atoms with van der Waals surface area (Å²) >= 11 is 0. The molecule has 0 saturated heterocycles. The van der Waals surface area contributed by atoms with Crippen LogP contribution < -0.4 is 15.4 Å². The molecule has 0 unspecified atom stereocenters. The second-order valence-corrected chi connectivity index (χ2v) is 4.88. The molecule has 1 aromatic carbocycles. The highest BCUT2D eigenvalue weighted by Crippen LogP contribution is 2.25. The second-order valence-electron chi connectivity index (χ2n) is 4.88. The van der Waals surface area contributed by atoms with Crippen LogP contribution in [0.15, 0.2) is 18.2 Å². The van der Waals surface area contributed by atoms with Crippen molar-refractivity contribution in [3.8, 4) is 5.75 Å². The quantitative estimate of drug-likeness (QED) is 0.576. The van der Waals surface area contributed by atoms with Crippen molar-refractivity contribution < 1.29 is 4.74 Å². The van der Waals surface area contributed by atoms with Gasteiger partial charge in [0.05, 0.1) is 12.8 Å². The van der Waals surface area contributed by atoms with E-state index in [-0.39, 0.29) is 5.84 Å². The van der Waals surface area contributed by atoms with Crippen molar-refractivity contribution in [2.24, 2.45) is 5.73 Å². The summed E-state index contributed by atoms with van der Waals surface area (Å²) in [5.41, 5.74) is 7.31. The zero-order valence-electron chi connectivity index (χ0n) is 12.2. The zero-order valence-corrected chi connectivity index (χ0v) is 12.2. The summed E-state index contributed by atoms with van der Waals surface area (Å²) in [7, 11) is 7.77. The molecule has 0 bridgehead atoms. The molecule has 0 saturated carbocycles. The van der Waals surface area contributed by atoms with E-state index in [0.29, 0.717) is 0 Å². The Kier molecular flexibility index (Phi) is 5.63. The van der Waals surface area contributed by atoms with Crippen LogP contribution in [-0.2, 0) is 0 Å². The monoisotopic (exact) mass is 264 g/mol. The van der Waals surface area contributed by atoms with Gasteiger partial charge < -0.3 is 20.3 Å². The van der Waals surface area contributed by atoms with E-state index < -0.39 is 0 Å². The molecule has 1 rings (SSSR count). The molecule has 0 amide bonds. The first-order valence-electron chi connectivity index (χ1n) is 6.34. The molecular weight excluding hydrogens is 240 g/mol. The maximum Gasteiger partial charge on any atom is 0.124 e. The van der Waals surface area contributed by atoms with Gasteiger partial charge in [0.25, 0.3) is 0 Å². The molecular formula is C14H24N4O. The number of nitrogens with zero attached hydrogens (tertiary/aromatic N) is 2. The average Bonchev–Trinajstić information content (AvgIpc) is 2.37. The minimum absolute atomic E-state index is 0.0807. The minimum atomic E-state index is 0.0807. The van der Waals surface area contributed by atoms with Crippen molar-refractivity contribution in [3.63, 3.8) is 0 Å². The van der Waals surface area contributed by atoms with Gasteiger partial charge >= 0.3 is 0 Å². The van der Waals surface area contributed by atoms with Gasteiger partial charge in [-0.05, 0) is 39.2 Å². The van der Waals surface area contributed by atoms with Crippen molar-refractivity contribution in [1.29, 1.82) is 5.41 Å². The lowest BCUT2D eigenvalue weighted by molar-refractivity contribution is 0.401. The van der Waals surface area contributed by atoms with E-state index in [1.165, 1.54) is 0 Å². The molecule has 0 aliphatic rings. The van der Waals surface area contributed by atoms with E-state index in [2.05, 4.69) is 23.9 Å². The van der Waals surface area contributed by atoms with Gasteiger partial charge in [0, 0.05) is 25.2 Å². The topological polar surface area (TPSA) is 65.6 Å². The van der Waals surface area contributed by atoms with Crippen LogP contribution in [0.2, 0.25) is 0 Å². The lowest BCUT2D eigenvalue weighted by atomic mass is 10.1. The molecule has 0 aliphatic carbocycles. The number of anilines is 1. The van der Waals surface area contributed by atoms with Crippen LogP contribution in [0.1, 0.15) is 12.0 Å². The van der Waals surface area contributed by atoms with Crippen LogP contribution in [0.5, 0.6) is 5.75 Å². The lowest BCUT2D eigenvalue weighted by Gasteiger charge is -2.23. The van der Waals surface area contributed by atoms with E-state index >= 15 is 0 Å². The molecule has 19 heavy (non-hydrogen) atoms. The van der Waals surface area contributed by atoms with Crippen molar-refractivity contribution in [3.05, 3.63) is 23.8 Å². The number of nitrogen functional groups attached to an aromatic ring is 1. The van der Waals surface area contributed by atoms with Crippen LogP contribution in [-0.4, -0.2) is 52.1 Å². The summed E-state index contributed by atoms with van der Waals surface area (Å²) in [4.78, 5) is 4.27. The molecule has 1 aromatic rings. The number of methoxy groups -OCH3 is 1. The maximum absolute atomic E-state index is 7.64. The van der Waals surface area contributed by atoms with Gasteiger partial charge in [0.15, 0.2) is 0 Å². The highest BCUT2D eigenvalue weighted by atomic mass is 16.5. The summed E-state index contributed by atoms with van der Waals surface area (Å²) in [5.74, 6) is 0.858. The summed E-state index contributed by atoms with van der Waals surface area (Å²) in [6.07, 6.45) is 1.05. The Morgan fingerprint density at radius 1 is 1.26 bits per heavy atom. The summed E-state index contributed by atoms with van der Waals surface area (Å²) in [6, 6.07) is 5.58. The Bertz CT molecular complexity index is 431. The maximum atomic E-state index is 7.64. The van der Waals surface area contributed by atoms with Gasteiger partial charge in [-0.15, -0.1) is 0 Å². The SMILES string of the molecule is COc1ccc(C(=N)N)c(N(C)CCCN(C)C)c1. The molecule has 5 nitrogen and oxygen atoms in total. The highest BCUT2D eigenvalue weighted by Gasteiger charge is 2.11. The third-order valence-electron chi connectivity index (χ3n) is 3.01. The second kappa shape index (κ2) is 6.99. The number of nitrogens with one attached hydrogen (secondary N) is 1. The van der Waals surface area contributed by atoms with Crippen LogP contribution in [0.4, 0.5) is 5.69 Å². The molecule has 0 fully saturated rings. The van der Waals surface area contributed by atoms with Crippen LogP contribution >= 0.6 is 0 Å². The van der Waals surface area contributed by atoms with Gasteiger partial charge in [-0.1, -0.05) is 0 Å². The number of ether oxygens (including phenoxy) is 1. The van der Waals surface area contributed by atoms with Crippen LogP contribution in [0.3, 0.4) is 0 Å². The van der Waals surface area contributed by atoms with E-state index in [0.717, 1.165) is 36.5 Å². The van der Waals surface area contributed by atoms with Crippen LogP contribution in [0, 0.1) is 5.41 Å². The smallest absolute Gasteiger partial charge is 0.124 e. The molecule has 0 atom stereocenters. The number of benzene rings is 1. The molecule has 0 spiro atoms. The Morgan fingerprint density at radius 3 is 2.47 bits per heavy atom. The number of nitrogens with two attached hydrogens (primary N) is 1. The van der Waals surface area contributed by atoms with Crippen molar-refractivity contribution in [2.75, 3.05) is 46.2 Å². The molecule has 0 heterocycles. The Morgan fingerprint density at radius 2 is 1.95 bits per heavy atom. The summed E-state index contributed by atoms with van der Waals surface area (Å²) < 4.78 is 5.24. The van der Waals surface area contributed by atoms with Gasteiger partial charge in [0.2, 0.25) is 0 Å². The number of hydrogen-bond acceptors (Lipinski definition) is 4. The van der Waals surface area contributed by atoms with Crippen LogP contribution in [0.25, 0.3) is 0 Å². The molecule has 3 N–H and O–H groups in total. The average molecular weight is 264 g/mol. The first-order valence-corrected chi connectivity index (χ1v) is 6.34. The minimum Gasteiger partial charge on any atom is -0.497 e. The normalized spacial score (nSPS) is 10.6. The van der Waals surface area contributed by atoms with Gasteiger partial charge in [0.1, 0.15) is 11.6 Å². The van der Waals surface area contributed by atoms with Crippen molar-refractivity contribution in [1.82, 2.24) is 4.90 Å². The largest absolute Gasteiger partial charge is 0.497 e.